The summed E-state index contributed by atoms with van der Waals surface area (Å²) < 4.78 is 0. The molecule has 1 spiro atoms. The zero-order valence-corrected chi connectivity index (χ0v) is 16.9. The van der Waals surface area contributed by atoms with Crippen molar-refractivity contribution >= 4 is 23.5 Å². The predicted octanol–water partition coefficient (Wildman–Crippen LogP) is 3.24. The van der Waals surface area contributed by atoms with E-state index in [1.165, 1.54) is 5.56 Å². The van der Waals surface area contributed by atoms with Crippen LogP contribution in [0.25, 0.3) is 0 Å². The average Bonchev–Trinajstić information content (AvgIpc) is 3.25. The highest BCUT2D eigenvalue weighted by atomic mass is 16.4. The van der Waals surface area contributed by atoms with E-state index < -0.39 is 5.97 Å². The van der Waals surface area contributed by atoms with Crippen molar-refractivity contribution in [3.8, 4) is 0 Å². The van der Waals surface area contributed by atoms with Crippen LogP contribution in [0.15, 0.2) is 24.3 Å². The lowest BCUT2D eigenvalue weighted by molar-refractivity contribution is -0.142. The molecule has 2 heterocycles. The Kier molecular flexibility index (Phi) is 5.61. The quantitative estimate of drug-likeness (QED) is 0.845. The van der Waals surface area contributed by atoms with Gasteiger partial charge in [-0.1, -0.05) is 31.0 Å². The van der Waals surface area contributed by atoms with Gasteiger partial charge in [0.1, 0.15) is 0 Å². The lowest BCUT2D eigenvalue weighted by atomic mass is 9.71. The Balaban J connectivity index is 1.56. The van der Waals surface area contributed by atoms with Crippen LogP contribution in [0.2, 0.25) is 0 Å². The predicted molar refractivity (Wildman–Crippen MR) is 110 cm³/mol. The van der Waals surface area contributed by atoms with Crippen molar-refractivity contribution in [2.75, 3.05) is 24.5 Å². The highest BCUT2D eigenvalue weighted by molar-refractivity contribution is 5.96. The van der Waals surface area contributed by atoms with Crippen molar-refractivity contribution in [3.63, 3.8) is 0 Å². The first-order valence-corrected chi connectivity index (χ1v) is 10.9. The largest absolute Gasteiger partial charge is 0.481 e. The fourth-order valence-electron chi connectivity index (χ4n) is 5.46. The number of carboxylic acid groups (broad SMARTS) is 1. The number of hydrogen-bond acceptors (Lipinski definition) is 3. The fraction of sp³-hybridized carbons (Fsp3) is 0.609. The Hall–Kier alpha value is -2.37. The smallest absolute Gasteiger partial charge is 0.303 e. The Morgan fingerprint density at radius 3 is 2.55 bits per heavy atom. The van der Waals surface area contributed by atoms with Gasteiger partial charge in [0.15, 0.2) is 0 Å². The number of rotatable bonds is 4. The molecule has 0 bridgehead atoms. The van der Waals surface area contributed by atoms with Crippen molar-refractivity contribution in [1.82, 2.24) is 4.90 Å². The third kappa shape index (κ3) is 4.16. The molecule has 3 aliphatic rings. The molecule has 2 amide bonds. The van der Waals surface area contributed by atoms with Crippen LogP contribution < -0.4 is 4.90 Å². The van der Waals surface area contributed by atoms with Crippen LogP contribution in [-0.4, -0.2) is 47.4 Å². The molecule has 1 unspecified atom stereocenters. The summed E-state index contributed by atoms with van der Waals surface area (Å²) in [6.07, 6.45) is 6.87. The van der Waals surface area contributed by atoms with E-state index in [0.29, 0.717) is 19.6 Å². The maximum Gasteiger partial charge on any atom is 0.303 e. The molecular weight excluding hydrogens is 368 g/mol. The normalized spacial score (nSPS) is 24.6. The number of carbonyl (C=O) groups is 3. The number of carboxylic acids is 1. The van der Waals surface area contributed by atoms with Crippen molar-refractivity contribution in [1.29, 1.82) is 0 Å². The summed E-state index contributed by atoms with van der Waals surface area (Å²) >= 11 is 0. The third-order valence-electron chi connectivity index (χ3n) is 6.88. The summed E-state index contributed by atoms with van der Waals surface area (Å²) in [5, 5.41) is 8.90. The molecule has 29 heavy (non-hydrogen) atoms. The van der Waals surface area contributed by atoms with Gasteiger partial charge in [0.2, 0.25) is 11.8 Å². The number of benzene rings is 1. The molecule has 1 N–H and O–H groups in total. The number of anilines is 1. The zero-order valence-electron chi connectivity index (χ0n) is 16.9. The zero-order chi connectivity index (χ0) is 20.4. The van der Waals surface area contributed by atoms with Gasteiger partial charge in [-0.3, -0.25) is 14.4 Å². The highest BCUT2D eigenvalue weighted by Crippen LogP contribution is 2.43. The number of nitrogens with zero attached hydrogens (tertiary/aromatic N) is 2. The molecule has 1 saturated carbocycles. The number of para-hydroxylation sites is 1. The Morgan fingerprint density at radius 1 is 1.03 bits per heavy atom. The van der Waals surface area contributed by atoms with Crippen LogP contribution in [0, 0.1) is 11.3 Å². The topological polar surface area (TPSA) is 77.9 Å². The summed E-state index contributed by atoms with van der Waals surface area (Å²) in [6, 6.07) is 8.17. The second kappa shape index (κ2) is 8.17. The lowest BCUT2D eigenvalue weighted by Gasteiger charge is -2.49. The number of aliphatic carboxylic acids is 1. The standard InChI is InChI=1S/C23H30N2O4/c26-20(10-11-21(27)28)24-13-5-12-23(15-24)14-18-8-3-4-9-19(18)25(16-23)22(29)17-6-1-2-7-17/h3-4,8-9,17H,1-2,5-7,10-16H2,(H,27,28). The molecule has 1 aromatic rings. The molecule has 0 radical (unpaired) electrons. The molecule has 1 aromatic carbocycles. The van der Waals surface area contributed by atoms with Crippen LogP contribution in [0.1, 0.15) is 56.9 Å². The van der Waals surface area contributed by atoms with Gasteiger partial charge in [-0.05, 0) is 43.7 Å². The van der Waals surface area contributed by atoms with E-state index in [1.807, 2.05) is 28.0 Å². The van der Waals surface area contributed by atoms with Gasteiger partial charge >= 0.3 is 5.97 Å². The molecule has 1 aliphatic carbocycles. The lowest BCUT2D eigenvalue weighted by Crippen LogP contribution is -2.56. The minimum atomic E-state index is -0.940. The molecule has 4 rings (SSSR count). The van der Waals surface area contributed by atoms with Crippen LogP contribution in [0.5, 0.6) is 0 Å². The minimum Gasteiger partial charge on any atom is -0.481 e. The van der Waals surface area contributed by atoms with Crippen molar-refractivity contribution in [2.24, 2.45) is 11.3 Å². The molecule has 2 aliphatic heterocycles. The Morgan fingerprint density at radius 2 is 1.79 bits per heavy atom. The summed E-state index contributed by atoms with van der Waals surface area (Å²) in [5.41, 5.74) is 2.08. The van der Waals surface area contributed by atoms with E-state index in [9.17, 15) is 14.4 Å². The van der Waals surface area contributed by atoms with Gasteiger partial charge in [0, 0.05) is 43.1 Å². The molecule has 1 atom stereocenters. The second-order valence-electron chi connectivity index (χ2n) is 9.02. The first kappa shape index (κ1) is 19.9. The van der Waals surface area contributed by atoms with Gasteiger partial charge in [-0.15, -0.1) is 0 Å². The van der Waals surface area contributed by atoms with Gasteiger partial charge in [-0.2, -0.15) is 0 Å². The van der Waals surface area contributed by atoms with E-state index in [4.69, 9.17) is 5.11 Å². The van der Waals surface area contributed by atoms with Crippen molar-refractivity contribution < 1.29 is 19.5 Å². The maximum absolute atomic E-state index is 13.4. The van der Waals surface area contributed by atoms with E-state index in [0.717, 1.165) is 50.6 Å². The minimum absolute atomic E-state index is 0.0483. The highest BCUT2D eigenvalue weighted by Gasteiger charge is 2.44. The van der Waals surface area contributed by atoms with Crippen LogP contribution >= 0.6 is 0 Å². The summed E-state index contributed by atoms with van der Waals surface area (Å²) in [6.45, 7) is 1.94. The van der Waals surface area contributed by atoms with Gasteiger partial charge < -0.3 is 14.9 Å². The summed E-state index contributed by atoms with van der Waals surface area (Å²) in [4.78, 5) is 40.6. The fourth-order valence-corrected chi connectivity index (χ4v) is 5.46. The van der Waals surface area contributed by atoms with Crippen LogP contribution in [0.4, 0.5) is 5.69 Å². The maximum atomic E-state index is 13.4. The average molecular weight is 399 g/mol. The molecule has 6 nitrogen and oxygen atoms in total. The van der Waals surface area contributed by atoms with Crippen molar-refractivity contribution in [2.45, 2.75) is 57.8 Å². The number of likely N-dealkylation sites (tertiary alicyclic amines) is 1. The van der Waals surface area contributed by atoms with Crippen molar-refractivity contribution in [3.05, 3.63) is 29.8 Å². The number of hydrogen-bond donors (Lipinski definition) is 1. The van der Waals surface area contributed by atoms with Gasteiger partial charge in [0.25, 0.3) is 0 Å². The van der Waals surface area contributed by atoms with E-state index in [-0.39, 0.29) is 36.0 Å². The molecule has 0 aromatic heterocycles. The number of fused-ring (bicyclic) bond motifs is 1. The Labute approximate surface area is 171 Å². The number of carbonyl (C=O) groups excluding carboxylic acids is 2. The Bertz CT molecular complexity index is 802. The van der Waals surface area contributed by atoms with Crippen LogP contribution in [0.3, 0.4) is 0 Å². The monoisotopic (exact) mass is 398 g/mol. The SMILES string of the molecule is O=C(O)CCC(=O)N1CCCC2(Cc3ccccc3N(C(=O)C3CCCC3)C2)C1. The van der Waals surface area contributed by atoms with E-state index in [1.54, 1.807) is 0 Å². The van der Waals surface area contributed by atoms with Gasteiger partial charge in [-0.25, -0.2) is 0 Å². The molecule has 6 heteroatoms. The number of amides is 2. The van der Waals surface area contributed by atoms with E-state index in [2.05, 4.69) is 6.07 Å². The first-order chi connectivity index (χ1) is 14.0. The molecule has 2 fully saturated rings. The first-order valence-electron chi connectivity index (χ1n) is 10.9. The van der Waals surface area contributed by atoms with Gasteiger partial charge in [0.05, 0.1) is 6.42 Å². The van der Waals surface area contributed by atoms with Crippen LogP contribution in [-0.2, 0) is 20.8 Å². The molecular formula is C23H30N2O4. The van der Waals surface area contributed by atoms with E-state index >= 15 is 0 Å². The molecule has 1 saturated heterocycles. The number of piperidine rings is 1. The summed E-state index contributed by atoms with van der Waals surface area (Å²) in [7, 11) is 0. The molecule has 156 valence electrons. The third-order valence-corrected chi connectivity index (χ3v) is 6.88. The summed E-state index contributed by atoms with van der Waals surface area (Å²) in [5.74, 6) is -0.664. The second-order valence-corrected chi connectivity index (χ2v) is 9.02.